The van der Waals surface area contributed by atoms with E-state index >= 15 is 0 Å². The van der Waals surface area contributed by atoms with Crippen LogP contribution in [0.4, 0.5) is 0 Å². The first-order chi connectivity index (χ1) is 9.00. The van der Waals surface area contributed by atoms with Gasteiger partial charge in [0.15, 0.2) is 0 Å². The minimum atomic E-state index is -3.70. The number of benzene rings is 1. The molecule has 0 unspecified atom stereocenters. The first-order valence-electron chi connectivity index (χ1n) is 5.97. The maximum Gasteiger partial charge on any atom is 0.247 e. The molecule has 0 radical (unpaired) electrons. The Morgan fingerprint density at radius 1 is 1.47 bits per heavy atom. The second-order valence-electron chi connectivity index (χ2n) is 4.37. The molecule has 0 saturated heterocycles. The van der Waals surface area contributed by atoms with Crippen LogP contribution in [-0.2, 0) is 10.0 Å². The lowest BCUT2D eigenvalue weighted by atomic mass is 10.3. The number of hydrogen-bond donors (Lipinski definition) is 1. The van der Waals surface area contributed by atoms with E-state index in [4.69, 9.17) is 21.4 Å². The third-order valence-electron chi connectivity index (χ3n) is 2.99. The Kier molecular flexibility index (Phi) is 4.35. The molecule has 1 saturated carbocycles. The fraction of sp³-hybridized carbons (Fsp3) is 0.500. The average Bonchev–Trinajstić information content (AvgIpc) is 3.20. The number of aliphatic hydroxyl groups excluding tert-OH is 1. The van der Waals surface area contributed by atoms with Gasteiger partial charge in [0.2, 0.25) is 10.0 Å². The predicted octanol–water partition coefficient (Wildman–Crippen LogP) is 1.49. The van der Waals surface area contributed by atoms with Gasteiger partial charge in [-0.05, 0) is 31.0 Å². The minimum Gasteiger partial charge on any atom is -0.495 e. The van der Waals surface area contributed by atoms with E-state index in [2.05, 4.69) is 0 Å². The summed E-state index contributed by atoms with van der Waals surface area (Å²) in [5.74, 6) is 0.257. The minimum absolute atomic E-state index is 0.0270. The lowest BCUT2D eigenvalue weighted by Gasteiger charge is -2.22. The van der Waals surface area contributed by atoms with Crippen LogP contribution in [-0.4, -0.2) is 44.1 Å². The molecule has 0 amide bonds. The molecule has 0 aromatic heterocycles. The quantitative estimate of drug-likeness (QED) is 0.865. The van der Waals surface area contributed by atoms with Gasteiger partial charge in [-0.15, -0.1) is 0 Å². The molecule has 1 aromatic rings. The van der Waals surface area contributed by atoms with Crippen LogP contribution in [0.2, 0.25) is 5.02 Å². The molecule has 1 aliphatic rings. The third-order valence-corrected chi connectivity index (χ3v) is 5.19. The number of aliphatic hydroxyl groups is 1. The number of methoxy groups -OCH3 is 1. The van der Waals surface area contributed by atoms with Crippen molar-refractivity contribution < 1.29 is 18.3 Å². The highest BCUT2D eigenvalue weighted by molar-refractivity contribution is 7.89. The topological polar surface area (TPSA) is 66.8 Å². The molecule has 0 atom stereocenters. The number of hydrogen-bond acceptors (Lipinski definition) is 4. The van der Waals surface area contributed by atoms with E-state index in [-0.39, 0.29) is 29.8 Å². The van der Waals surface area contributed by atoms with Crippen LogP contribution < -0.4 is 4.74 Å². The number of sulfonamides is 1. The van der Waals surface area contributed by atoms with E-state index in [9.17, 15) is 8.42 Å². The molecule has 1 fully saturated rings. The summed E-state index contributed by atoms with van der Waals surface area (Å²) in [6, 6.07) is 4.45. The number of rotatable bonds is 6. The van der Waals surface area contributed by atoms with E-state index in [1.165, 1.54) is 23.5 Å². The molecule has 2 rings (SSSR count). The molecule has 0 aliphatic heterocycles. The van der Waals surface area contributed by atoms with Gasteiger partial charge in [0, 0.05) is 17.6 Å². The first-order valence-corrected chi connectivity index (χ1v) is 7.78. The zero-order valence-corrected chi connectivity index (χ0v) is 12.1. The summed E-state index contributed by atoms with van der Waals surface area (Å²) in [5.41, 5.74) is 0. The number of nitrogens with zero attached hydrogens (tertiary/aromatic N) is 1. The van der Waals surface area contributed by atoms with Crippen molar-refractivity contribution in [3.63, 3.8) is 0 Å². The maximum absolute atomic E-state index is 12.6. The van der Waals surface area contributed by atoms with Crippen LogP contribution in [0.15, 0.2) is 23.1 Å². The second-order valence-corrected chi connectivity index (χ2v) is 6.66. The van der Waals surface area contributed by atoms with Gasteiger partial charge in [-0.25, -0.2) is 8.42 Å². The molecule has 106 valence electrons. The molecule has 0 heterocycles. The molecular formula is C12H16ClNO4S. The van der Waals surface area contributed by atoms with Crippen LogP contribution in [0.25, 0.3) is 0 Å². The van der Waals surface area contributed by atoms with Crippen molar-refractivity contribution in [3.05, 3.63) is 23.2 Å². The van der Waals surface area contributed by atoms with Crippen LogP contribution in [0.1, 0.15) is 12.8 Å². The molecule has 7 heteroatoms. The molecular weight excluding hydrogens is 290 g/mol. The van der Waals surface area contributed by atoms with Crippen LogP contribution in [0, 0.1) is 0 Å². The molecule has 5 nitrogen and oxygen atoms in total. The van der Waals surface area contributed by atoms with E-state index in [1.54, 1.807) is 6.07 Å². The highest BCUT2D eigenvalue weighted by atomic mass is 35.5. The van der Waals surface area contributed by atoms with Gasteiger partial charge in [0.25, 0.3) is 0 Å². The Morgan fingerprint density at radius 3 is 2.68 bits per heavy atom. The third kappa shape index (κ3) is 3.02. The lowest BCUT2D eigenvalue weighted by Crippen LogP contribution is -2.35. The molecule has 1 N–H and O–H groups in total. The second kappa shape index (κ2) is 5.66. The van der Waals surface area contributed by atoms with Crippen LogP contribution in [0.3, 0.4) is 0 Å². The van der Waals surface area contributed by atoms with Crippen molar-refractivity contribution in [2.45, 2.75) is 23.8 Å². The van der Waals surface area contributed by atoms with Crippen LogP contribution in [0.5, 0.6) is 5.75 Å². The normalized spacial score (nSPS) is 15.8. The molecule has 0 bridgehead atoms. The van der Waals surface area contributed by atoms with Gasteiger partial charge in [-0.1, -0.05) is 11.6 Å². The SMILES string of the molecule is COc1ccc(Cl)cc1S(=O)(=O)N(CCO)C1CC1. The summed E-state index contributed by atoms with van der Waals surface area (Å²) >= 11 is 5.87. The summed E-state index contributed by atoms with van der Waals surface area (Å²) in [4.78, 5) is 0.0443. The fourth-order valence-corrected chi connectivity index (χ4v) is 4.03. The smallest absolute Gasteiger partial charge is 0.247 e. The van der Waals surface area contributed by atoms with E-state index in [0.717, 1.165) is 12.8 Å². The molecule has 19 heavy (non-hydrogen) atoms. The fourth-order valence-electron chi connectivity index (χ4n) is 1.94. The van der Waals surface area contributed by atoms with Crippen molar-refractivity contribution in [2.75, 3.05) is 20.3 Å². The van der Waals surface area contributed by atoms with Gasteiger partial charge in [-0.3, -0.25) is 0 Å². The zero-order chi connectivity index (χ0) is 14.0. The van der Waals surface area contributed by atoms with Crippen molar-refractivity contribution in [1.29, 1.82) is 0 Å². The lowest BCUT2D eigenvalue weighted by molar-refractivity contribution is 0.250. The van der Waals surface area contributed by atoms with E-state index < -0.39 is 10.0 Å². The van der Waals surface area contributed by atoms with Gasteiger partial charge in [0.05, 0.1) is 13.7 Å². The monoisotopic (exact) mass is 305 g/mol. The molecule has 0 spiro atoms. The molecule has 1 aromatic carbocycles. The van der Waals surface area contributed by atoms with Crippen molar-refractivity contribution in [2.24, 2.45) is 0 Å². The van der Waals surface area contributed by atoms with Crippen molar-refractivity contribution >= 4 is 21.6 Å². The summed E-state index contributed by atoms with van der Waals surface area (Å²) in [7, 11) is -2.29. The summed E-state index contributed by atoms with van der Waals surface area (Å²) in [6.45, 7) is -0.124. The van der Waals surface area contributed by atoms with E-state index in [0.29, 0.717) is 5.02 Å². The Hall–Kier alpha value is -0.820. The van der Waals surface area contributed by atoms with Crippen molar-refractivity contribution in [3.8, 4) is 5.75 Å². The Bertz CT molecular complexity index is 557. The number of ether oxygens (including phenoxy) is 1. The molecule has 1 aliphatic carbocycles. The number of halogens is 1. The highest BCUT2D eigenvalue weighted by Gasteiger charge is 2.38. The van der Waals surface area contributed by atoms with Gasteiger partial charge in [0.1, 0.15) is 10.6 Å². The van der Waals surface area contributed by atoms with Gasteiger partial charge in [-0.2, -0.15) is 4.31 Å². The van der Waals surface area contributed by atoms with Gasteiger partial charge >= 0.3 is 0 Å². The Labute approximate surface area is 117 Å². The summed E-state index contributed by atoms with van der Waals surface area (Å²) < 4.78 is 31.6. The van der Waals surface area contributed by atoms with E-state index in [1.807, 2.05) is 0 Å². The zero-order valence-electron chi connectivity index (χ0n) is 10.5. The Balaban J connectivity index is 2.45. The van der Waals surface area contributed by atoms with Crippen molar-refractivity contribution in [1.82, 2.24) is 4.31 Å². The predicted molar refractivity (Wildman–Crippen MR) is 72.0 cm³/mol. The largest absolute Gasteiger partial charge is 0.495 e. The highest BCUT2D eigenvalue weighted by Crippen LogP contribution is 2.35. The summed E-state index contributed by atoms with van der Waals surface area (Å²) in [5, 5.41) is 9.37. The Morgan fingerprint density at radius 2 is 2.16 bits per heavy atom. The van der Waals surface area contributed by atoms with Crippen LogP contribution >= 0.6 is 11.6 Å². The summed E-state index contributed by atoms with van der Waals surface area (Å²) in [6.07, 6.45) is 1.64. The standard InChI is InChI=1S/C12H16ClNO4S/c1-18-11-5-2-9(13)8-12(11)19(16,17)14(6-7-15)10-3-4-10/h2,5,8,10,15H,3-4,6-7H2,1H3. The van der Waals surface area contributed by atoms with Gasteiger partial charge < -0.3 is 9.84 Å². The maximum atomic E-state index is 12.6. The first kappa shape index (κ1) is 14.6. The average molecular weight is 306 g/mol.